The highest BCUT2D eigenvalue weighted by atomic mass is 28.3. The summed E-state index contributed by atoms with van der Waals surface area (Å²) in [5, 5.41) is 3.57. The minimum atomic E-state index is -0.895. The van der Waals surface area contributed by atoms with Crippen LogP contribution in [0.5, 0.6) is 0 Å². The van der Waals surface area contributed by atoms with Crippen molar-refractivity contribution in [1.29, 1.82) is 0 Å². The van der Waals surface area contributed by atoms with Crippen LogP contribution in [0, 0.1) is 11.8 Å². The SMILES string of the molecule is CC(C)NCC(C[Si](C)(C)C)C(C)C. The fraction of sp³-hybridized carbons (Fsp3) is 1.00. The second-order valence-corrected chi connectivity index (χ2v) is 11.9. The first kappa shape index (κ1) is 14.2. The summed E-state index contributed by atoms with van der Waals surface area (Å²) in [5.74, 6) is 1.68. The van der Waals surface area contributed by atoms with Crippen molar-refractivity contribution in [3.63, 3.8) is 0 Å². The Labute approximate surface area is 91.7 Å². The predicted molar refractivity (Wildman–Crippen MR) is 69.6 cm³/mol. The summed E-state index contributed by atoms with van der Waals surface area (Å²) < 4.78 is 0. The van der Waals surface area contributed by atoms with Crippen molar-refractivity contribution in [2.45, 2.75) is 59.4 Å². The molecule has 0 saturated carbocycles. The maximum absolute atomic E-state index is 3.57. The van der Waals surface area contributed by atoms with Gasteiger partial charge in [0.2, 0.25) is 0 Å². The van der Waals surface area contributed by atoms with E-state index in [-0.39, 0.29) is 0 Å². The molecule has 14 heavy (non-hydrogen) atoms. The molecule has 0 saturated heterocycles. The minimum Gasteiger partial charge on any atom is -0.314 e. The Kier molecular flexibility index (Phi) is 5.99. The molecule has 1 atom stereocenters. The highest BCUT2D eigenvalue weighted by molar-refractivity contribution is 6.76. The van der Waals surface area contributed by atoms with Gasteiger partial charge in [-0.05, 0) is 18.4 Å². The fourth-order valence-electron chi connectivity index (χ4n) is 1.72. The van der Waals surface area contributed by atoms with Crippen LogP contribution in [0.25, 0.3) is 0 Å². The monoisotopic (exact) mass is 215 g/mol. The second-order valence-electron chi connectivity index (χ2n) is 6.33. The van der Waals surface area contributed by atoms with Crippen molar-refractivity contribution >= 4 is 8.07 Å². The summed E-state index contributed by atoms with van der Waals surface area (Å²) in [6.45, 7) is 17.8. The van der Waals surface area contributed by atoms with Gasteiger partial charge in [-0.3, -0.25) is 0 Å². The summed E-state index contributed by atoms with van der Waals surface area (Å²) in [7, 11) is -0.895. The summed E-state index contributed by atoms with van der Waals surface area (Å²) in [6, 6.07) is 2.07. The maximum Gasteiger partial charge on any atom is 0.0446 e. The average Bonchev–Trinajstić information content (AvgIpc) is 1.94. The molecular weight excluding hydrogens is 186 g/mol. The molecule has 0 rings (SSSR count). The highest BCUT2D eigenvalue weighted by Crippen LogP contribution is 2.22. The van der Waals surface area contributed by atoms with Gasteiger partial charge in [0.1, 0.15) is 0 Å². The van der Waals surface area contributed by atoms with Crippen LogP contribution < -0.4 is 5.32 Å². The van der Waals surface area contributed by atoms with Crippen LogP contribution in [-0.2, 0) is 0 Å². The smallest absolute Gasteiger partial charge is 0.0446 e. The third-order valence-corrected chi connectivity index (χ3v) is 4.35. The molecule has 0 aromatic carbocycles. The predicted octanol–water partition coefficient (Wildman–Crippen LogP) is 3.59. The quantitative estimate of drug-likeness (QED) is 0.668. The van der Waals surface area contributed by atoms with Gasteiger partial charge in [0.15, 0.2) is 0 Å². The third-order valence-electron chi connectivity index (χ3n) is 2.61. The molecule has 0 heterocycles. The molecule has 0 aliphatic heterocycles. The Bertz CT molecular complexity index is 147. The largest absolute Gasteiger partial charge is 0.314 e. The van der Waals surface area contributed by atoms with Gasteiger partial charge >= 0.3 is 0 Å². The second kappa shape index (κ2) is 5.91. The standard InChI is InChI=1S/C12H29NSi/c1-10(2)12(8-13-11(3)4)9-14(5,6)7/h10-13H,8-9H2,1-7H3. The van der Waals surface area contributed by atoms with E-state index in [9.17, 15) is 0 Å². The van der Waals surface area contributed by atoms with Crippen molar-refractivity contribution in [3.8, 4) is 0 Å². The van der Waals surface area contributed by atoms with Crippen molar-refractivity contribution in [2.24, 2.45) is 11.8 Å². The number of nitrogens with one attached hydrogen (secondary N) is 1. The normalized spacial score (nSPS) is 15.2. The Balaban J connectivity index is 4.03. The van der Waals surface area contributed by atoms with Gasteiger partial charge < -0.3 is 5.32 Å². The first-order valence-electron chi connectivity index (χ1n) is 5.96. The van der Waals surface area contributed by atoms with E-state index in [1.165, 1.54) is 12.6 Å². The molecule has 0 amide bonds. The van der Waals surface area contributed by atoms with E-state index in [4.69, 9.17) is 0 Å². The van der Waals surface area contributed by atoms with Crippen LogP contribution in [-0.4, -0.2) is 20.7 Å². The van der Waals surface area contributed by atoms with E-state index in [0.29, 0.717) is 6.04 Å². The fourth-order valence-corrected chi connectivity index (χ4v) is 3.91. The number of hydrogen-bond donors (Lipinski definition) is 1. The Morgan fingerprint density at radius 2 is 1.50 bits per heavy atom. The van der Waals surface area contributed by atoms with E-state index >= 15 is 0 Å². The van der Waals surface area contributed by atoms with Gasteiger partial charge in [0.05, 0.1) is 0 Å². The van der Waals surface area contributed by atoms with Gasteiger partial charge in [-0.1, -0.05) is 53.4 Å². The summed E-state index contributed by atoms with van der Waals surface area (Å²) in [4.78, 5) is 0. The maximum atomic E-state index is 3.57. The summed E-state index contributed by atoms with van der Waals surface area (Å²) in [5.41, 5.74) is 0. The first-order chi connectivity index (χ1) is 6.22. The lowest BCUT2D eigenvalue weighted by Gasteiger charge is -2.28. The summed E-state index contributed by atoms with van der Waals surface area (Å²) in [6.07, 6.45) is 0. The van der Waals surface area contributed by atoms with Crippen LogP contribution in [0.4, 0.5) is 0 Å². The molecule has 0 aliphatic rings. The lowest BCUT2D eigenvalue weighted by Crippen LogP contribution is -2.35. The van der Waals surface area contributed by atoms with E-state index in [2.05, 4.69) is 52.7 Å². The molecule has 0 bridgehead atoms. The molecule has 1 nitrogen and oxygen atoms in total. The van der Waals surface area contributed by atoms with Gasteiger partial charge in [0.25, 0.3) is 0 Å². The van der Waals surface area contributed by atoms with Crippen molar-refractivity contribution < 1.29 is 0 Å². The molecule has 0 aromatic rings. The van der Waals surface area contributed by atoms with Crippen LogP contribution in [0.15, 0.2) is 0 Å². The van der Waals surface area contributed by atoms with E-state index < -0.39 is 8.07 Å². The molecule has 0 aliphatic carbocycles. The molecule has 1 N–H and O–H groups in total. The number of rotatable bonds is 6. The van der Waals surface area contributed by atoms with Gasteiger partial charge in [-0.2, -0.15) is 0 Å². The molecule has 86 valence electrons. The third kappa shape index (κ3) is 7.57. The zero-order valence-corrected chi connectivity index (χ0v) is 12.1. The summed E-state index contributed by atoms with van der Waals surface area (Å²) >= 11 is 0. The van der Waals surface area contributed by atoms with Gasteiger partial charge in [-0.25, -0.2) is 0 Å². The molecule has 0 fully saturated rings. The lowest BCUT2D eigenvalue weighted by atomic mass is 9.97. The zero-order valence-electron chi connectivity index (χ0n) is 11.1. The van der Waals surface area contributed by atoms with Crippen molar-refractivity contribution in [2.75, 3.05) is 6.54 Å². The van der Waals surface area contributed by atoms with Crippen molar-refractivity contribution in [1.82, 2.24) is 5.32 Å². The highest BCUT2D eigenvalue weighted by Gasteiger charge is 2.22. The molecule has 0 spiro atoms. The van der Waals surface area contributed by atoms with E-state index in [0.717, 1.165) is 11.8 Å². The number of hydrogen-bond acceptors (Lipinski definition) is 1. The van der Waals surface area contributed by atoms with Crippen LogP contribution in [0.2, 0.25) is 25.7 Å². The molecular formula is C12H29NSi. The van der Waals surface area contributed by atoms with Crippen LogP contribution in [0.3, 0.4) is 0 Å². The van der Waals surface area contributed by atoms with Gasteiger partial charge in [0, 0.05) is 14.1 Å². The minimum absolute atomic E-state index is 0.623. The Morgan fingerprint density at radius 1 is 1.00 bits per heavy atom. The average molecular weight is 215 g/mol. The molecule has 0 aromatic heterocycles. The topological polar surface area (TPSA) is 12.0 Å². The van der Waals surface area contributed by atoms with E-state index in [1.807, 2.05) is 0 Å². The van der Waals surface area contributed by atoms with Crippen molar-refractivity contribution in [3.05, 3.63) is 0 Å². The van der Waals surface area contributed by atoms with E-state index in [1.54, 1.807) is 0 Å². The van der Waals surface area contributed by atoms with Gasteiger partial charge in [-0.15, -0.1) is 0 Å². The molecule has 2 heteroatoms. The first-order valence-corrected chi connectivity index (χ1v) is 9.66. The molecule has 1 unspecified atom stereocenters. The van der Waals surface area contributed by atoms with Crippen LogP contribution >= 0.6 is 0 Å². The van der Waals surface area contributed by atoms with Crippen LogP contribution in [0.1, 0.15) is 27.7 Å². The zero-order chi connectivity index (χ0) is 11.4. The Morgan fingerprint density at radius 3 is 1.79 bits per heavy atom. The molecule has 0 radical (unpaired) electrons. The lowest BCUT2D eigenvalue weighted by molar-refractivity contribution is 0.375. The Hall–Kier alpha value is 0.177.